The number of halogens is 2. The highest BCUT2D eigenvalue weighted by Gasteiger charge is 2.10. The van der Waals surface area contributed by atoms with Gasteiger partial charge in [0, 0.05) is 13.2 Å². The molecule has 0 radical (unpaired) electrons. The highest BCUT2D eigenvalue weighted by atomic mass is 79.9. The van der Waals surface area contributed by atoms with E-state index in [0.29, 0.717) is 5.69 Å². The van der Waals surface area contributed by atoms with E-state index in [4.69, 9.17) is 0 Å². The summed E-state index contributed by atoms with van der Waals surface area (Å²) in [4.78, 5) is 11.6. The lowest BCUT2D eigenvalue weighted by Crippen LogP contribution is -2.23. The van der Waals surface area contributed by atoms with Crippen LogP contribution in [0, 0.1) is 12.9 Å². The standard InChI is InChI=1S/C11H12BrFN6O/c1-7-9(11(13)18(2)17-7)4-14-16-10(20)6-19-5-8(12)3-15-19/h3-5H,6H2,1-2H3,(H,16,20). The van der Waals surface area contributed by atoms with Gasteiger partial charge in [-0.2, -0.15) is 19.7 Å². The molecule has 0 saturated heterocycles. The zero-order valence-corrected chi connectivity index (χ0v) is 12.4. The van der Waals surface area contributed by atoms with Crippen LogP contribution in [0.2, 0.25) is 0 Å². The molecule has 0 saturated carbocycles. The summed E-state index contributed by atoms with van der Waals surface area (Å²) in [5.41, 5.74) is 3.05. The highest BCUT2D eigenvalue weighted by molar-refractivity contribution is 9.10. The van der Waals surface area contributed by atoms with E-state index in [1.165, 1.54) is 17.9 Å². The molecule has 0 atom stereocenters. The lowest BCUT2D eigenvalue weighted by molar-refractivity contribution is -0.121. The average Bonchev–Trinajstić information content (AvgIpc) is 2.88. The maximum absolute atomic E-state index is 13.6. The molecule has 0 fully saturated rings. The molecular formula is C11H12BrFN6O. The van der Waals surface area contributed by atoms with Crippen molar-refractivity contribution in [2.75, 3.05) is 0 Å². The second-order valence-electron chi connectivity index (χ2n) is 4.06. The van der Waals surface area contributed by atoms with Crippen molar-refractivity contribution in [2.24, 2.45) is 12.1 Å². The Bertz CT molecular complexity index is 662. The summed E-state index contributed by atoms with van der Waals surface area (Å²) in [6.45, 7) is 1.69. The minimum atomic E-state index is -0.503. The van der Waals surface area contributed by atoms with Gasteiger partial charge in [0.2, 0.25) is 5.95 Å². The Morgan fingerprint density at radius 1 is 1.65 bits per heavy atom. The highest BCUT2D eigenvalue weighted by Crippen LogP contribution is 2.08. The van der Waals surface area contributed by atoms with Crippen molar-refractivity contribution in [3.63, 3.8) is 0 Å². The van der Waals surface area contributed by atoms with Crippen molar-refractivity contribution in [2.45, 2.75) is 13.5 Å². The van der Waals surface area contributed by atoms with Crippen LogP contribution >= 0.6 is 15.9 Å². The predicted octanol–water partition coefficient (Wildman–Crippen LogP) is 0.977. The topological polar surface area (TPSA) is 77.1 Å². The van der Waals surface area contributed by atoms with Crippen molar-refractivity contribution in [3.05, 3.63) is 34.1 Å². The number of amides is 1. The SMILES string of the molecule is Cc1nn(C)c(F)c1C=NNC(=O)Cn1cc(Br)cn1. The van der Waals surface area contributed by atoms with E-state index in [9.17, 15) is 9.18 Å². The van der Waals surface area contributed by atoms with Gasteiger partial charge < -0.3 is 0 Å². The lowest BCUT2D eigenvalue weighted by Gasteiger charge is -1.99. The van der Waals surface area contributed by atoms with Gasteiger partial charge >= 0.3 is 0 Å². The number of aryl methyl sites for hydroxylation is 2. The Morgan fingerprint density at radius 2 is 2.40 bits per heavy atom. The number of carbonyl (C=O) groups excluding carboxylic acids is 1. The molecule has 1 N–H and O–H groups in total. The summed E-state index contributed by atoms with van der Waals surface area (Å²) in [5.74, 6) is -0.865. The smallest absolute Gasteiger partial charge is 0.261 e. The number of rotatable bonds is 4. The maximum Gasteiger partial charge on any atom is 0.261 e. The van der Waals surface area contributed by atoms with Crippen LogP contribution in [0.4, 0.5) is 4.39 Å². The third kappa shape index (κ3) is 3.29. The molecule has 2 aromatic rings. The van der Waals surface area contributed by atoms with Gasteiger partial charge in [0.1, 0.15) is 6.54 Å². The molecular weight excluding hydrogens is 331 g/mol. The fraction of sp³-hybridized carbons (Fsp3) is 0.273. The van der Waals surface area contributed by atoms with Crippen LogP contribution in [0.5, 0.6) is 0 Å². The van der Waals surface area contributed by atoms with Gasteiger partial charge in [0.05, 0.1) is 28.1 Å². The van der Waals surface area contributed by atoms with Crippen molar-refractivity contribution < 1.29 is 9.18 Å². The van der Waals surface area contributed by atoms with Gasteiger partial charge in [-0.15, -0.1) is 0 Å². The minimum Gasteiger partial charge on any atom is -0.271 e. The van der Waals surface area contributed by atoms with E-state index >= 15 is 0 Å². The van der Waals surface area contributed by atoms with E-state index in [1.54, 1.807) is 19.3 Å². The van der Waals surface area contributed by atoms with Crippen molar-refractivity contribution in [1.82, 2.24) is 25.0 Å². The summed E-state index contributed by atoms with van der Waals surface area (Å²) >= 11 is 3.23. The summed E-state index contributed by atoms with van der Waals surface area (Å²) in [6, 6.07) is 0. The van der Waals surface area contributed by atoms with Crippen LogP contribution < -0.4 is 5.43 Å². The van der Waals surface area contributed by atoms with Crippen LogP contribution in [0.15, 0.2) is 22.0 Å². The summed E-state index contributed by atoms with van der Waals surface area (Å²) in [7, 11) is 1.49. The average molecular weight is 343 g/mol. The van der Waals surface area contributed by atoms with Gasteiger partial charge in [0.25, 0.3) is 5.91 Å². The molecule has 7 nitrogen and oxygen atoms in total. The van der Waals surface area contributed by atoms with Gasteiger partial charge in [-0.25, -0.2) is 10.1 Å². The Hall–Kier alpha value is -2.03. The Balaban J connectivity index is 1.94. The molecule has 0 aromatic carbocycles. The van der Waals surface area contributed by atoms with E-state index in [0.717, 1.165) is 9.15 Å². The van der Waals surface area contributed by atoms with Gasteiger partial charge in [-0.3, -0.25) is 9.48 Å². The third-order valence-electron chi connectivity index (χ3n) is 2.49. The van der Waals surface area contributed by atoms with E-state index in [-0.39, 0.29) is 18.0 Å². The lowest BCUT2D eigenvalue weighted by atomic mass is 10.3. The molecule has 9 heteroatoms. The molecule has 0 unspecified atom stereocenters. The number of hydrazone groups is 1. The predicted molar refractivity (Wildman–Crippen MR) is 73.6 cm³/mol. The number of nitrogens with one attached hydrogen (secondary N) is 1. The fourth-order valence-electron chi connectivity index (χ4n) is 1.57. The minimum absolute atomic E-state index is 0.0252. The molecule has 0 spiro atoms. The normalized spacial score (nSPS) is 11.2. The van der Waals surface area contributed by atoms with Crippen LogP contribution in [0.1, 0.15) is 11.3 Å². The van der Waals surface area contributed by atoms with Crippen LogP contribution in [0.25, 0.3) is 0 Å². The third-order valence-corrected chi connectivity index (χ3v) is 2.90. The zero-order valence-electron chi connectivity index (χ0n) is 10.8. The second kappa shape index (κ2) is 5.95. The molecule has 2 heterocycles. The largest absolute Gasteiger partial charge is 0.271 e. The molecule has 2 rings (SSSR count). The van der Waals surface area contributed by atoms with E-state index < -0.39 is 5.95 Å². The van der Waals surface area contributed by atoms with Crippen LogP contribution in [-0.4, -0.2) is 31.7 Å². The monoisotopic (exact) mass is 342 g/mol. The molecule has 0 aliphatic rings. The van der Waals surface area contributed by atoms with E-state index in [2.05, 4.69) is 36.7 Å². The second-order valence-corrected chi connectivity index (χ2v) is 4.98. The van der Waals surface area contributed by atoms with Gasteiger partial charge in [-0.05, 0) is 22.9 Å². The maximum atomic E-state index is 13.6. The Kier molecular flexibility index (Phi) is 4.28. The first kappa shape index (κ1) is 14.4. The van der Waals surface area contributed by atoms with Crippen LogP contribution in [0.3, 0.4) is 0 Å². The number of aromatic nitrogens is 4. The summed E-state index contributed by atoms with van der Waals surface area (Å²) in [5, 5.41) is 11.5. The first-order valence-corrected chi connectivity index (χ1v) is 6.45. The van der Waals surface area contributed by atoms with E-state index in [1.807, 2.05) is 0 Å². The number of carbonyl (C=O) groups is 1. The molecule has 0 aliphatic heterocycles. The summed E-state index contributed by atoms with van der Waals surface area (Å²) < 4.78 is 16.9. The number of hydrogen-bond donors (Lipinski definition) is 1. The Morgan fingerprint density at radius 3 is 2.95 bits per heavy atom. The quantitative estimate of drug-likeness (QED) is 0.664. The molecule has 0 aliphatic carbocycles. The molecule has 0 bridgehead atoms. The molecule has 106 valence electrons. The first-order chi connectivity index (χ1) is 9.47. The fourth-order valence-corrected chi connectivity index (χ4v) is 1.90. The van der Waals surface area contributed by atoms with Gasteiger partial charge in [-0.1, -0.05) is 0 Å². The summed E-state index contributed by atoms with van der Waals surface area (Å²) in [6.07, 6.45) is 4.47. The van der Waals surface area contributed by atoms with Crippen LogP contribution in [-0.2, 0) is 18.4 Å². The molecule has 1 amide bonds. The van der Waals surface area contributed by atoms with Crippen molar-refractivity contribution in [3.8, 4) is 0 Å². The molecule has 20 heavy (non-hydrogen) atoms. The number of nitrogens with zero attached hydrogens (tertiary/aromatic N) is 5. The Labute approximate surface area is 122 Å². The van der Waals surface area contributed by atoms with Crippen molar-refractivity contribution in [1.29, 1.82) is 0 Å². The van der Waals surface area contributed by atoms with Gasteiger partial charge in [0.15, 0.2) is 0 Å². The number of hydrogen-bond acceptors (Lipinski definition) is 4. The first-order valence-electron chi connectivity index (χ1n) is 5.66. The zero-order chi connectivity index (χ0) is 14.7. The van der Waals surface area contributed by atoms with Crippen molar-refractivity contribution >= 4 is 28.1 Å². The molecule has 2 aromatic heterocycles.